The summed E-state index contributed by atoms with van der Waals surface area (Å²) in [6.07, 6.45) is -2.94. The van der Waals surface area contributed by atoms with Crippen LogP contribution in [-0.4, -0.2) is 111 Å². The van der Waals surface area contributed by atoms with Crippen molar-refractivity contribution in [2.75, 3.05) is 26.4 Å². The van der Waals surface area contributed by atoms with Gasteiger partial charge in [-0.05, 0) is 30.4 Å². The number of rotatable bonds is 16. The smallest absolute Gasteiger partial charge is 0.408 e. The van der Waals surface area contributed by atoms with Crippen LogP contribution in [0, 0.1) is 0 Å². The van der Waals surface area contributed by atoms with E-state index in [4.69, 9.17) is 10.5 Å². The molecule has 15 nitrogen and oxygen atoms in total. The zero-order valence-corrected chi connectivity index (χ0v) is 25.2. The lowest BCUT2D eigenvalue weighted by Gasteiger charge is -2.34. The van der Waals surface area contributed by atoms with E-state index < -0.39 is 85.7 Å². The lowest BCUT2D eigenvalue weighted by molar-refractivity contribution is -0.148. The predicted octanol–water partition coefficient (Wildman–Crippen LogP) is -1.93. The van der Waals surface area contributed by atoms with Gasteiger partial charge in [0.1, 0.15) is 24.2 Å². The summed E-state index contributed by atoms with van der Waals surface area (Å²) < 4.78 is 5.16. The number of nitrogens with one attached hydrogen (secondary N) is 3. The molecule has 1 fully saturated rings. The third-order valence-corrected chi connectivity index (χ3v) is 7.62. The van der Waals surface area contributed by atoms with Crippen LogP contribution in [0.15, 0.2) is 60.7 Å². The molecule has 5 amide bonds. The van der Waals surface area contributed by atoms with E-state index in [1.165, 1.54) is 0 Å². The number of nitrogens with two attached hydrogens (primary N) is 1. The Labute approximate surface area is 265 Å². The van der Waals surface area contributed by atoms with Gasteiger partial charge in [-0.3, -0.25) is 19.2 Å². The van der Waals surface area contributed by atoms with Gasteiger partial charge in [0.15, 0.2) is 6.10 Å². The van der Waals surface area contributed by atoms with Crippen molar-refractivity contribution in [2.24, 2.45) is 5.73 Å². The summed E-state index contributed by atoms with van der Waals surface area (Å²) in [6, 6.07) is 13.5. The molecule has 0 aromatic heterocycles. The highest BCUT2D eigenvalue weighted by Crippen LogP contribution is 2.21. The van der Waals surface area contributed by atoms with Crippen LogP contribution >= 0.6 is 0 Å². The molecule has 3 rings (SSSR count). The number of aliphatic hydroxyl groups excluding tert-OH is 4. The van der Waals surface area contributed by atoms with E-state index in [9.17, 15) is 44.4 Å². The van der Waals surface area contributed by atoms with Crippen molar-refractivity contribution in [1.29, 1.82) is 0 Å². The number of hydrogen-bond donors (Lipinski definition) is 8. The van der Waals surface area contributed by atoms with Gasteiger partial charge >= 0.3 is 6.09 Å². The summed E-state index contributed by atoms with van der Waals surface area (Å²) in [5.41, 5.74) is 4.92. The van der Waals surface area contributed by atoms with Gasteiger partial charge in [-0.1, -0.05) is 60.7 Å². The SMILES string of the molecule is NC(=O)C[C@H](NC(=O)OCc1ccccc1)C(=O)N[C@@H](Cc1ccccc1)[C@H](O)C(=O)N1CCC[C@H]1C(=O)NC(CO)(CO)CO. The third-order valence-electron chi connectivity index (χ3n) is 7.62. The van der Waals surface area contributed by atoms with Crippen molar-refractivity contribution >= 4 is 29.7 Å². The Balaban J connectivity index is 1.78. The maximum atomic E-state index is 13.6. The van der Waals surface area contributed by atoms with Gasteiger partial charge in [0, 0.05) is 6.54 Å². The molecule has 9 N–H and O–H groups in total. The lowest BCUT2D eigenvalue weighted by Crippen LogP contribution is -2.62. The zero-order chi connectivity index (χ0) is 33.7. The molecule has 4 atom stereocenters. The van der Waals surface area contributed by atoms with Crippen LogP contribution in [0.4, 0.5) is 4.79 Å². The van der Waals surface area contributed by atoms with Crippen molar-refractivity contribution in [3.05, 3.63) is 71.8 Å². The molecule has 250 valence electrons. The number of alkyl carbamates (subject to hydrolysis) is 1. The Kier molecular flexibility index (Phi) is 13.4. The zero-order valence-electron chi connectivity index (χ0n) is 25.2. The number of ether oxygens (including phenoxy) is 1. The fourth-order valence-corrected chi connectivity index (χ4v) is 4.97. The van der Waals surface area contributed by atoms with E-state index in [0.29, 0.717) is 17.5 Å². The molecule has 0 radical (unpaired) electrons. The number of nitrogens with zero attached hydrogens (tertiary/aromatic N) is 1. The molecule has 15 heteroatoms. The minimum atomic E-state index is -1.88. The van der Waals surface area contributed by atoms with Gasteiger partial charge in [-0.15, -0.1) is 0 Å². The quantitative estimate of drug-likeness (QED) is 0.101. The first-order chi connectivity index (χ1) is 22.0. The maximum absolute atomic E-state index is 13.6. The van der Waals surface area contributed by atoms with Crippen LogP contribution in [0.1, 0.15) is 30.4 Å². The van der Waals surface area contributed by atoms with Crippen molar-refractivity contribution < 1.29 is 49.1 Å². The molecule has 1 saturated heterocycles. The Morgan fingerprint density at radius 2 is 1.50 bits per heavy atom. The molecule has 1 aliphatic rings. The number of amides is 5. The molecule has 0 spiro atoms. The molecule has 2 aromatic carbocycles. The first-order valence-electron chi connectivity index (χ1n) is 14.8. The van der Waals surface area contributed by atoms with Crippen LogP contribution < -0.4 is 21.7 Å². The first kappa shape index (κ1) is 35.9. The van der Waals surface area contributed by atoms with E-state index in [1.807, 2.05) is 0 Å². The summed E-state index contributed by atoms with van der Waals surface area (Å²) >= 11 is 0. The van der Waals surface area contributed by atoms with Gasteiger partial charge < -0.3 is 51.7 Å². The summed E-state index contributed by atoms with van der Waals surface area (Å²) in [5.74, 6) is -3.46. The topological polar surface area (TPSA) is 241 Å². The standard InChI is InChI=1S/C31H41N5O10/c32-25(40)15-23(34-30(45)46-16-21-10-5-2-6-11-21)27(42)33-22(14-20-8-3-1-4-9-20)26(41)29(44)36-13-7-12-24(36)28(43)35-31(17-37,18-38)19-39/h1-6,8-11,22-24,26,37-39,41H,7,12-19H2,(H2,32,40)(H,33,42)(H,34,45)(H,35,43)/t22-,23-,24-,26-/m0/s1. The van der Waals surface area contributed by atoms with Crippen LogP contribution in [-0.2, 0) is 36.9 Å². The second-order valence-corrected chi connectivity index (χ2v) is 11.1. The highest BCUT2D eigenvalue weighted by atomic mass is 16.5. The molecule has 1 aliphatic heterocycles. The number of primary amides is 1. The average Bonchev–Trinajstić information content (AvgIpc) is 3.56. The van der Waals surface area contributed by atoms with Crippen molar-refractivity contribution in [3.63, 3.8) is 0 Å². The van der Waals surface area contributed by atoms with E-state index >= 15 is 0 Å². The molecule has 2 aromatic rings. The molecule has 1 heterocycles. The van der Waals surface area contributed by atoms with Crippen molar-refractivity contribution in [1.82, 2.24) is 20.9 Å². The Morgan fingerprint density at radius 1 is 0.913 bits per heavy atom. The first-order valence-corrected chi connectivity index (χ1v) is 14.8. The maximum Gasteiger partial charge on any atom is 0.408 e. The summed E-state index contributed by atoms with van der Waals surface area (Å²) in [5, 5.41) is 47.4. The van der Waals surface area contributed by atoms with Gasteiger partial charge in [-0.2, -0.15) is 0 Å². The average molecular weight is 644 g/mol. The minimum absolute atomic E-state index is 0.0470. The van der Waals surface area contributed by atoms with Gasteiger partial charge in [0.05, 0.1) is 32.3 Å². The number of likely N-dealkylation sites (tertiary alicyclic amines) is 1. The predicted molar refractivity (Wildman–Crippen MR) is 162 cm³/mol. The Morgan fingerprint density at radius 3 is 2.07 bits per heavy atom. The largest absolute Gasteiger partial charge is 0.445 e. The second kappa shape index (κ2) is 17.2. The molecular formula is C31H41N5O10. The van der Waals surface area contributed by atoms with E-state index in [-0.39, 0.29) is 26.0 Å². The van der Waals surface area contributed by atoms with E-state index in [2.05, 4.69) is 16.0 Å². The molecule has 0 aliphatic carbocycles. The molecular weight excluding hydrogens is 602 g/mol. The van der Waals surface area contributed by atoms with Crippen LogP contribution in [0.5, 0.6) is 0 Å². The number of benzene rings is 2. The molecule has 0 unspecified atom stereocenters. The number of aliphatic hydroxyl groups is 4. The van der Waals surface area contributed by atoms with Crippen LogP contribution in [0.2, 0.25) is 0 Å². The fraction of sp³-hybridized carbons (Fsp3) is 0.452. The van der Waals surface area contributed by atoms with E-state index in [0.717, 1.165) is 4.90 Å². The Bertz CT molecular complexity index is 1320. The normalized spacial score (nSPS) is 16.5. The molecule has 46 heavy (non-hydrogen) atoms. The van der Waals surface area contributed by atoms with E-state index in [1.54, 1.807) is 60.7 Å². The van der Waals surface area contributed by atoms with Gasteiger partial charge in [-0.25, -0.2) is 4.79 Å². The highest BCUT2D eigenvalue weighted by Gasteiger charge is 2.42. The summed E-state index contributed by atoms with van der Waals surface area (Å²) in [4.78, 5) is 65.5. The second-order valence-electron chi connectivity index (χ2n) is 11.1. The lowest BCUT2D eigenvalue weighted by atomic mass is 9.98. The summed E-state index contributed by atoms with van der Waals surface area (Å²) in [6.45, 7) is -2.31. The Hall–Kier alpha value is -4.57. The third kappa shape index (κ3) is 9.97. The summed E-state index contributed by atoms with van der Waals surface area (Å²) in [7, 11) is 0. The minimum Gasteiger partial charge on any atom is -0.445 e. The van der Waals surface area contributed by atoms with Crippen LogP contribution in [0.3, 0.4) is 0 Å². The molecule has 0 bridgehead atoms. The van der Waals surface area contributed by atoms with Gasteiger partial charge in [0.2, 0.25) is 17.7 Å². The fourth-order valence-electron chi connectivity index (χ4n) is 4.97. The van der Waals surface area contributed by atoms with Crippen LogP contribution in [0.25, 0.3) is 0 Å². The number of hydrogen-bond acceptors (Lipinski definition) is 10. The highest BCUT2D eigenvalue weighted by molar-refractivity contribution is 5.93. The number of carbonyl (C=O) groups excluding carboxylic acids is 5. The van der Waals surface area contributed by atoms with Gasteiger partial charge in [0.25, 0.3) is 5.91 Å². The number of carbonyl (C=O) groups is 5. The molecule has 0 saturated carbocycles. The monoisotopic (exact) mass is 643 g/mol. The van der Waals surface area contributed by atoms with Crippen molar-refractivity contribution in [2.45, 2.75) is 62.1 Å². The van der Waals surface area contributed by atoms with Crippen molar-refractivity contribution in [3.8, 4) is 0 Å².